The van der Waals surface area contributed by atoms with Gasteiger partial charge in [-0.25, -0.2) is 0 Å². The lowest BCUT2D eigenvalue weighted by Gasteiger charge is -2.18. The van der Waals surface area contributed by atoms with Crippen LogP contribution in [-0.4, -0.2) is 37.2 Å². The number of carbonyl (C=O) groups excluding carboxylic acids is 3. The van der Waals surface area contributed by atoms with Gasteiger partial charge in [-0.3, -0.25) is 14.4 Å². The van der Waals surface area contributed by atoms with Gasteiger partial charge in [0.15, 0.2) is 6.10 Å². The summed E-state index contributed by atoms with van der Waals surface area (Å²) in [6.45, 7) is 6.49. The van der Waals surface area contributed by atoms with Crippen molar-refractivity contribution in [1.82, 2.24) is 0 Å². The fraction of sp³-hybridized carbons (Fsp3) is 0.671. The minimum absolute atomic E-state index is 0.0946. The number of allylic oxidation sites excluding steroid dienone is 22. The topological polar surface area (TPSA) is 78.9 Å². The predicted octanol–water partition coefficient (Wildman–Crippen LogP) is 23.7. The van der Waals surface area contributed by atoms with E-state index in [4.69, 9.17) is 14.2 Å². The summed E-state index contributed by atoms with van der Waals surface area (Å²) in [5.41, 5.74) is 0. The largest absolute Gasteiger partial charge is 0.462 e. The molecule has 0 aromatic heterocycles. The van der Waals surface area contributed by atoms with Crippen LogP contribution in [0.2, 0.25) is 0 Å². The lowest BCUT2D eigenvalue weighted by atomic mass is 10.1. The van der Waals surface area contributed by atoms with Crippen LogP contribution >= 0.6 is 0 Å². The molecule has 0 radical (unpaired) electrons. The highest BCUT2D eigenvalue weighted by atomic mass is 16.6. The molecule has 0 bridgehead atoms. The van der Waals surface area contributed by atoms with Crippen LogP contribution in [0, 0.1) is 0 Å². The molecule has 0 aliphatic rings. The molecule has 0 aromatic carbocycles. The Labute approximate surface area is 506 Å². The van der Waals surface area contributed by atoms with Gasteiger partial charge in [0.1, 0.15) is 13.2 Å². The lowest BCUT2D eigenvalue weighted by molar-refractivity contribution is -0.167. The summed E-state index contributed by atoms with van der Waals surface area (Å²) < 4.78 is 16.9. The van der Waals surface area contributed by atoms with Crippen molar-refractivity contribution in [2.45, 2.75) is 316 Å². The molecule has 0 saturated heterocycles. The zero-order chi connectivity index (χ0) is 59.2. The van der Waals surface area contributed by atoms with Crippen LogP contribution in [0.25, 0.3) is 0 Å². The average molecular weight is 1140 g/mol. The SMILES string of the molecule is CC/C=C\C/C=C\C/C=C\C/C=C\C/C=C\C/C=C\C/C=C\CCCCCCCC(=O)OCC(COC(=O)CCCCCCC/C=C\CCCCCCC)OC(=O)CCCCCCCCCC/C=C\C/C=C\C/C=C\CCCCCCC. The molecule has 466 valence electrons. The summed E-state index contributed by atoms with van der Waals surface area (Å²) in [6.07, 6.45) is 97.4. The van der Waals surface area contributed by atoms with Gasteiger partial charge in [0.2, 0.25) is 0 Å². The third-order valence-electron chi connectivity index (χ3n) is 14.4. The third kappa shape index (κ3) is 66.4. The zero-order valence-corrected chi connectivity index (χ0v) is 53.5. The summed E-state index contributed by atoms with van der Waals surface area (Å²) in [7, 11) is 0. The molecule has 0 aliphatic heterocycles. The van der Waals surface area contributed by atoms with Gasteiger partial charge in [-0.1, -0.05) is 283 Å². The van der Waals surface area contributed by atoms with E-state index in [9.17, 15) is 14.4 Å². The van der Waals surface area contributed by atoms with E-state index in [2.05, 4.69) is 154 Å². The average Bonchev–Trinajstić information content (AvgIpc) is 3.48. The molecule has 0 heterocycles. The molecule has 0 rings (SSSR count). The van der Waals surface area contributed by atoms with Crippen molar-refractivity contribution in [1.29, 1.82) is 0 Å². The molecule has 0 amide bonds. The Balaban J connectivity index is 4.42. The van der Waals surface area contributed by atoms with Crippen molar-refractivity contribution in [3.8, 4) is 0 Å². The molecule has 0 saturated carbocycles. The van der Waals surface area contributed by atoms with Crippen molar-refractivity contribution in [3.63, 3.8) is 0 Å². The van der Waals surface area contributed by atoms with Gasteiger partial charge in [0, 0.05) is 19.3 Å². The second-order valence-corrected chi connectivity index (χ2v) is 22.3. The molecule has 0 fully saturated rings. The molecule has 6 nitrogen and oxygen atoms in total. The normalized spacial score (nSPS) is 13.0. The van der Waals surface area contributed by atoms with Crippen LogP contribution in [0.5, 0.6) is 0 Å². The highest BCUT2D eigenvalue weighted by molar-refractivity contribution is 5.71. The molecule has 6 heteroatoms. The quantitative estimate of drug-likeness (QED) is 0.0261. The summed E-state index contributed by atoms with van der Waals surface area (Å²) in [5.74, 6) is -0.924. The van der Waals surface area contributed by atoms with Crippen LogP contribution in [-0.2, 0) is 28.6 Å². The van der Waals surface area contributed by atoms with Gasteiger partial charge in [-0.05, 0) is 141 Å². The molecule has 1 atom stereocenters. The van der Waals surface area contributed by atoms with E-state index in [0.717, 1.165) is 148 Å². The second kappa shape index (κ2) is 69.0. The minimum atomic E-state index is -0.800. The smallest absolute Gasteiger partial charge is 0.306 e. The number of hydrogen-bond acceptors (Lipinski definition) is 6. The number of ether oxygens (including phenoxy) is 3. The fourth-order valence-corrected chi connectivity index (χ4v) is 9.25. The number of hydrogen-bond donors (Lipinski definition) is 0. The van der Waals surface area contributed by atoms with Gasteiger partial charge in [-0.15, -0.1) is 0 Å². The maximum absolute atomic E-state index is 12.9. The van der Waals surface area contributed by atoms with Crippen LogP contribution < -0.4 is 0 Å². The Morgan fingerprint density at radius 1 is 0.256 bits per heavy atom. The van der Waals surface area contributed by atoms with Gasteiger partial charge < -0.3 is 14.2 Å². The van der Waals surface area contributed by atoms with Crippen LogP contribution in [0.4, 0.5) is 0 Å². The van der Waals surface area contributed by atoms with E-state index in [-0.39, 0.29) is 31.1 Å². The van der Waals surface area contributed by atoms with E-state index in [1.807, 2.05) is 0 Å². The van der Waals surface area contributed by atoms with E-state index in [1.165, 1.54) is 122 Å². The first-order chi connectivity index (χ1) is 40.5. The van der Waals surface area contributed by atoms with E-state index in [0.29, 0.717) is 19.3 Å². The highest BCUT2D eigenvalue weighted by Crippen LogP contribution is 2.15. The van der Waals surface area contributed by atoms with Crippen LogP contribution in [0.1, 0.15) is 310 Å². The number of esters is 3. The first-order valence-electron chi connectivity index (χ1n) is 34.2. The molecule has 0 spiro atoms. The van der Waals surface area contributed by atoms with Crippen LogP contribution in [0.15, 0.2) is 134 Å². The molecule has 0 aliphatic carbocycles. The summed E-state index contributed by atoms with van der Waals surface area (Å²) in [4.78, 5) is 38.4. The number of carbonyl (C=O) groups is 3. The van der Waals surface area contributed by atoms with Crippen LogP contribution in [0.3, 0.4) is 0 Å². The number of unbranched alkanes of at least 4 members (excludes halogenated alkanes) is 28. The van der Waals surface area contributed by atoms with Gasteiger partial charge >= 0.3 is 17.9 Å². The van der Waals surface area contributed by atoms with Crippen molar-refractivity contribution >= 4 is 17.9 Å². The first kappa shape index (κ1) is 77.5. The number of rotatable bonds is 61. The molecule has 82 heavy (non-hydrogen) atoms. The monoisotopic (exact) mass is 1130 g/mol. The lowest BCUT2D eigenvalue weighted by Crippen LogP contribution is -2.30. The van der Waals surface area contributed by atoms with E-state index in [1.54, 1.807) is 0 Å². The second-order valence-electron chi connectivity index (χ2n) is 22.3. The van der Waals surface area contributed by atoms with Crippen molar-refractivity contribution in [3.05, 3.63) is 134 Å². The standard InChI is InChI=1S/C76H126O6/c1-4-7-10-13-16-19-22-25-28-30-32-34-36-37-38-39-41-42-44-46-48-51-54-57-60-63-66-69-75(78)81-72-73(71-80-74(77)68-65-62-59-56-53-50-27-24-21-18-15-12-9-6-3)82-76(79)70-67-64-61-58-55-52-49-47-45-43-40-35-33-31-29-26-23-20-17-14-11-8-5-2/h7,10,16,19,23-28,31-34,37-38,40-43,46,48,73H,4-6,8-9,11-15,17-18,20-22,29-30,35-36,39,44-45,47,49-72H2,1-3H3/b10-7-,19-16-,26-23-,27-24-,28-25-,33-31-,34-32-,38-37-,42-41-,43-40-,48-46-. The van der Waals surface area contributed by atoms with Gasteiger partial charge in [-0.2, -0.15) is 0 Å². The first-order valence-corrected chi connectivity index (χ1v) is 34.2. The Bertz CT molecular complexity index is 1730. The van der Waals surface area contributed by atoms with Crippen molar-refractivity contribution in [2.24, 2.45) is 0 Å². The fourth-order valence-electron chi connectivity index (χ4n) is 9.25. The Morgan fingerprint density at radius 2 is 0.476 bits per heavy atom. The Kier molecular flexibility index (Phi) is 65.3. The maximum Gasteiger partial charge on any atom is 0.306 e. The van der Waals surface area contributed by atoms with Crippen molar-refractivity contribution in [2.75, 3.05) is 13.2 Å². The highest BCUT2D eigenvalue weighted by Gasteiger charge is 2.19. The molecule has 0 N–H and O–H groups in total. The molecular weight excluding hydrogens is 1010 g/mol. The summed E-state index contributed by atoms with van der Waals surface area (Å²) in [6, 6.07) is 0. The molecular formula is C76H126O6. The summed E-state index contributed by atoms with van der Waals surface area (Å²) in [5, 5.41) is 0. The minimum Gasteiger partial charge on any atom is -0.462 e. The molecule has 0 aromatic rings. The van der Waals surface area contributed by atoms with E-state index >= 15 is 0 Å². The zero-order valence-electron chi connectivity index (χ0n) is 53.5. The third-order valence-corrected chi connectivity index (χ3v) is 14.4. The van der Waals surface area contributed by atoms with Gasteiger partial charge in [0.05, 0.1) is 0 Å². The van der Waals surface area contributed by atoms with Gasteiger partial charge in [0.25, 0.3) is 0 Å². The molecule has 1 unspecified atom stereocenters. The summed E-state index contributed by atoms with van der Waals surface area (Å²) >= 11 is 0. The maximum atomic E-state index is 12.9. The van der Waals surface area contributed by atoms with E-state index < -0.39 is 6.10 Å². The predicted molar refractivity (Wildman–Crippen MR) is 357 cm³/mol. The van der Waals surface area contributed by atoms with Crippen molar-refractivity contribution < 1.29 is 28.6 Å². The Morgan fingerprint density at radius 3 is 0.756 bits per heavy atom. The Hall–Kier alpha value is -4.45.